The van der Waals surface area contributed by atoms with Crippen molar-refractivity contribution in [3.63, 3.8) is 0 Å². The molecule has 0 radical (unpaired) electrons. The van der Waals surface area contributed by atoms with Crippen LogP contribution in [0.2, 0.25) is 0 Å². The number of hydrogen-bond donors (Lipinski definition) is 0. The molecule has 1 aliphatic rings. The number of amides is 2. The number of hydrogen-bond acceptors (Lipinski definition) is 3. The fraction of sp³-hybridized carbons (Fsp3) is 0.185. The predicted octanol–water partition coefficient (Wildman–Crippen LogP) is 5.06. The lowest BCUT2D eigenvalue weighted by Gasteiger charge is -2.39. The second-order valence-electron chi connectivity index (χ2n) is 8.37. The lowest BCUT2D eigenvalue weighted by molar-refractivity contribution is -0.120. The van der Waals surface area contributed by atoms with Gasteiger partial charge < -0.3 is 13.9 Å². The molecule has 0 N–H and O–H groups in total. The van der Waals surface area contributed by atoms with Crippen molar-refractivity contribution in [1.29, 1.82) is 0 Å². The van der Waals surface area contributed by atoms with E-state index in [-0.39, 0.29) is 36.2 Å². The van der Waals surface area contributed by atoms with E-state index in [9.17, 15) is 9.59 Å². The molecule has 0 spiro atoms. The molecule has 3 heterocycles. The van der Waals surface area contributed by atoms with Crippen LogP contribution in [0.15, 0.2) is 95.7 Å². The molecular formula is C27H25N3O3. The normalized spacial score (nSPS) is 14.6. The molecule has 1 atom stereocenters. The van der Waals surface area contributed by atoms with Crippen LogP contribution in [0.25, 0.3) is 5.69 Å². The zero-order valence-corrected chi connectivity index (χ0v) is 18.6. The Labute approximate surface area is 192 Å². The van der Waals surface area contributed by atoms with Gasteiger partial charge in [-0.05, 0) is 55.8 Å². The van der Waals surface area contributed by atoms with Crippen LogP contribution >= 0.6 is 0 Å². The third kappa shape index (κ3) is 3.63. The second kappa shape index (κ2) is 8.47. The average Bonchev–Trinajstić information content (AvgIpc) is 3.54. The first-order valence-electron chi connectivity index (χ1n) is 11.0. The highest BCUT2D eigenvalue weighted by molar-refractivity contribution is 6.02. The Morgan fingerprint density at radius 2 is 1.64 bits per heavy atom. The minimum Gasteiger partial charge on any atom is -0.459 e. The number of anilines is 1. The van der Waals surface area contributed by atoms with Gasteiger partial charge in [-0.15, -0.1) is 0 Å². The zero-order chi connectivity index (χ0) is 22.9. The van der Waals surface area contributed by atoms with Gasteiger partial charge in [0.15, 0.2) is 5.76 Å². The third-order valence-electron chi connectivity index (χ3n) is 6.03. The van der Waals surface area contributed by atoms with E-state index in [2.05, 4.69) is 4.57 Å². The number of rotatable bonds is 5. The molecule has 1 aliphatic heterocycles. The highest BCUT2D eigenvalue weighted by Crippen LogP contribution is 2.42. The van der Waals surface area contributed by atoms with Gasteiger partial charge in [-0.2, -0.15) is 0 Å². The number of nitrogens with zero attached hydrogens (tertiary/aromatic N) is 3. The van der Waals surface area contributed by atoms with Crippen LogP contribution in [0.5, 0.6) is 0 Å². The maximum absolute atomic E-state index is 14.0. The van der Waals surface area contributed by atoms with Crippen molar-refractivity contribution in [2.45, 2.75) is 25.9 Å². The van der Waals surface area contributed by atoms with E-state index in [4.69, 9.17) is 4.42 Å². The van der Waals surface area contributed by atoms with Gasteiger partial charge in [0.1, 0.15) is 12.6 Å². The molecule has 33 heavy (non-hydrogen) atoms. The first-order chi connectivity index (χ1) is 16.1. The van der Waals surface area contributed by atoms with Crippen molar-refractivity contribution in [2.75, 3.05) is 11.4 Å². The van der Waals surface area contributed by atoms with E-state index in [1.807, 2.05) is 91.7 Å². The predicted molar refractivity (Wildman–Crippen MR) is 126 cm³/mol. The Bertz CT molecular complexity index is 1270. The molecule has 2 amide bonds. The number of aromatic nitrogens is 1. The maximum atomic E-state index is 14.0. The van der Waals surface area contributed by atoms with Gasteiger partial charge in [-0.1, -0.05) is 42.5 Å². The molecule has 0 bridgehead atoms. The average molecular weight is 440 g/mol. The summed E-state index contributed by atoms with van der Waals surface area (Å²) in [7, 11) is 0. The number of benzene rings is 2. The van der Waals surface area contributed by atoms with Crippen LogP contribution in [-0.4, -0.2) is 33.9 Å². The van der Waals surface area contributed by atoms with Crippen LogP contribution in [0.1, 0.15) is 41.7 Å². The zero-order valence-electron chi connectivity index (χ0n) is 18.6. The molecule has 2 aromatic carbocycles. The largest absolute Gasteiger partial charge is 0.459 e. The van der Waals surface area contributed by atoms with Gasteiger partial charge in [0.2, 0.25) is 5.91 Å². The summed E-state index contributed by atoms with van der Waals surface area (Å²) in [4.78, 5) is 30.4. The Kier molecular flexibility index (Phi) is 5.34. The summed E-state index contributed by atoms with van der Waals surface area (Å²) >= 11 is 0. The van der Waals surface area contributed by atoms with Gasteiger partial charge in [0.25, 0.3) is 5.91 Å². The molecule has 0 saturated heterocycles. The molecule has 6 heteroatoms. The molecule has 0 saturated carbocycles. The topological polar surface area (TPSA) is 58.7 Å². The number of carbonyl (C=O) groups is 2. The molecule has 4 aromatic rings. The Morgan fingerprint density at radius 1 is 0.909 bits per heavy atom. The van der Waals surface area contributed by atoms with Gasteiger partial charge in [0, 0.05) is 12.2 Å². The van der Waals surface area contributed by atoms with Crippen LogP contribution < -0.4 is 4.90 Å². The van der Waals surface area contributed by atoms with E-state index in [0.717, 1.165) is 22.6 Å². The summed E-state index contributed by atoms with van der Waals surface area (Å²) in [5, 5.41) is 0. The SMILES string of the molecule is CC(C)N(CC(=O)N1c2ccccc2-n2cccc2C1c1ccccc1)C(=O)c1ccco1. The third-order valence-corrected chi connectivity index (χ3v) is 6.03. The summed E-state index contributed by atoms with van der Waals surface area (Å²) in [6, 6.07) is 24.7. The number of fused-ring (bicyclic) bond motifs is 3. The van der Waals surface area contributed by atoms with Crippen molar-refractivity contribution < 1.29 is 14.0 Å². The number of para-hydroxylation sites is 2. The van der Waals surface area contributed by atoms with Crippen molar-refractivity contribution >= 4 is 17.5 Å². The highest BCUT2D eigenvalue weighted by atomic mass is 16.3. The first kappa shape index (κ1) is 20.8. The number of furan rings is 1. The fourth-order valence-electron chi connectivity index (χ4n) is 4.47. The molecule has 166 valence electrons. The van der Waals surface area contributed by atoms with E-state index in [0.29, 0.717) is 0 Å². The maximum Gasteiger partial charge on any atom is 0.290 e. The van der Waals surface area contributed by atoms with Crippen LogP contribution in [0.4, 0.5) is 5.69 Å². The minimum absolute atomic E-state index is 0.0599. The smallest absolute Gasteiger partial charge is 0.290 e. The summed E-state index contributed by atoms with van der Waals surface area (Å²) in [5.41, 5.74) is 3.76. The van der Waals surface area contributed by atoms with Crippen molar-refractivity contribution in [3.8, 4) is 5.69 Å². The summed E-state index contributed by atoms with van der Waals surface area (Å²) < 4.78 is 7.45. The van der Waals surface area contributed by atoms with E-state index < -0.39 is 0 Å². The van der Waals surface area contributed by atoms with Crippen LogP contribution in [0.3, 0.4) is 0 Å². The summed E-state index contributed by atoms with van der Waals surface area (Å²) in [6.45, 7) is 3.74. The number of carbonyl (C=O) groups excluding carboxylic acids is 2. The van der Waals surface area contributed by atoms with Gasteiger partial charge in [-0.25, -0.2) is 0 Å². The molecule has 6 nitrogen and oxygen atoms in total. The lowest BCUT2D eigenvalue weighted by atomic mass is 9.97. The van der Waals surface area contributed by atoms with E-state index >= 15 is 0 Å². The van der Waals surface area contributed by atoms with Crippen LogP contribution in [0, 0.1) is 0 Å². The van der Waals surface area contributed by atoms with E-state index in [1.54, 1.807) is 17.0 Å². The van der Waals surface area contributed by atoms with Crippen molar-refractivity contribution in [3.05, 3.63) is 108 Å². The fourth-order valence-corrected chi connectivity index (χ4v) is 4.47. The Morgan fingerprint density at radius 3 is 2.33 bits per heavy atom. The minimum atomic E-state index is -0.309. The van der Waals surface area contributed by atoms with Gasteiger partial charge in [0.05, 0.1) is 23.3 Å². The first-order valence-corrected chi connectivity index (χ1v) is 11.0. The molecule has 1 unspecified atom stereocenters. The summed E-state index contributed by atoms with van der Waals surface area (Å²) in [5.74, 6) is -0.227. The molecule has 2 aromatic heterocycles. The van der Waals surface area contributed by atoms with Gasteiger partial charge >= 0.3 is 0 Å². The molecular weight excluding hydrogens is 414 g/mol. The summed E-state index contributed by atoms with van der Waals surface area (Å²) in [6.07, 6.45) is 3.49. The lowest BCUT2D eigenvalue weighted by Crippen LogP contribution is -2.48. The molecule has 5 rings (SSSR count). The Hall–Kier alpha value is -4.06. The van der Waals surface area contributed by atoms with Gasteiger partial charge in [-0.3, -0.25) is 14.5 Å². The van der Waals surface area contributed by atoms with Crippen LogP contribution in [-0.2, 0) is 4.79 Å². The standard InChI is InChI=1S/C27H25N3O3/c1-19(2)29(27(32)24-15-9-17-33-24)18-25(31)30-22-13-7-6-12-21(22)28-16-8-14-23(28)26(30)20-10-4-3-5-11-20/h3-17,19,26H,18H2,1-2H3. The quantitative estimate of drug-likeness (QED) is 0.437. The monoisotopic (exact) mass is 439 g/mol. The molecule has 0 fully saturated rings. The second-order valence-corrected chi connectivity index (χ2v) is 8.37. The van der Waals surface area contributed by atoms with Crippen molar-refractivity contribution in [1.82, 2.24) is 9.47 Å². The van der Waals surface area contributed by atoms with E-state index in [1.165, 1.54) is 6.26 Å². The van der Waals surface area contributed by atoms with Crippen molar-refractivity contribution in [2.24, 2.45) is 0 Å². The Balaban J connectivity index is 1.58. The highest BCUT2D eigenvalue weighted by Gasteiger charge is 2.37. The molecule has 0 aliphatic carbocycles.